The lowest BCUT2D eigenvalue weighted by atomic mass is 10.1. The first kappa shape index (κ1) is 15.5. The topological polar surface area (TPSA) is 80.9 Å². The Bertz CT molecular complexity index is 681. The first-order chi connectivity index (χ1) is 10.0. The highest BCUT2D eigenvalue weighted by Crippen LogP contribution is 2.20. The minimum Gasteiger partial charge on any atom is -0.389 e. The second kappa shape index (κ2) is 6.73. The van der Waals surface area contributed by atoms with Gasteiger partial charge in [-0.2, -0.15) is 0 Å². The first-order valence-electron chi connectivity index (χ1n) is 6.56. The van der Waals surface area contributed by atoms with Gasteiger partial charge in [-0.15, -0.1) is 5.10 Å². The van der Waals surface area contributed by atoms with Gasteiger partial charge in [-0.25, -0.2) is 0 Å². The third-order valence-corrected chi connectivity index (χ3v) is 4.02. The van der Waals surface area contributed by atoms with E-state index in [1.54, 1.807) is 6.07 Å². The number of benzene rings is 1. The quantitative estimate of drug-likeness (QED) is 0.828. The second-order valence-corrected chi connectivity index (χ2v) is 5.84. The number of nitrogens with two attached hydrogens (primary N) is 1. The fourth-order valence-corrected chi connectivity index (χ4v) is 2.60. The zero-order chi connectivity index (χ0) is 15.4. The van der Waals surface area contributed by atoms with E-state index in [1.807, 2.05) is 26.0 Å². The van der Waals surface area contributed by atoms with E-state index in [0.717, 1.165) is 41.2 Å². The molecule has 1 aromatic carbocycles. The lowest BCUT2D eigenvalue weighted by Gasteiger charge is -2.09. The van der Waals surface area contributed by atoms with E-state index in [9.17, 15) is 4.79 Å². The fraction of sp³-hybridized carbons (Fsp3) is 0.286. The third kappa shape index (κ3) is 3.62. The molecule has 5 nitrogen and oxygen atoms in total. The van der Waals surface area contributed by atoms with E-state index in [-0.39, 0.29) is 5.91 Å². The number of carbonyl (C=O) groups excluding carboxylic acids is 1. The van der Waals surface area contributed by atoms with Crippen molar-refractivity contribution in [3.63, 3.8) is 0 Å². The number of anilines is 1. The number of rotatable bonds is 5. The molecule has 0 aliphatic carbocycles. The van der Waals surface area contributed by atoms with E-state index >= 15 is 0 Å². The normalized spacial score (nSPS) is 10.4. The number of hydrogen-bond acceptors (Lipinski definition) is 5. The Balaban J connectivity index is 2.25. The number of nitrogens with one attached hydrogen (secondary N) is 1. The largest absolute Gasteiger partial charge is 0.389 e. The number of aromatic nitrogens is 2. The van der Waals surface area contributed by atoms with Crippen LogP contribution >= 0.6 is 23.8 Å². The van der Waals surface area contributed by atoms with E-state index < -0.39 is 0 Å². The molecule has 0 fully saturated rings. The van der Waals surface area contributed by atoms with Crippen LogP contribution in [-0.2, 0) is 6.42 Å². The summed E-state index contributed by atoms with van der Waals surface area (Å²) in [5, 5.41) is 6.89. The third-order valence-electron chi connectivity index (χ3n) is 3.02. The standard InChI is InChI=1S/C14H16N4OS2/c1-3-4-10-12(21-18-17-10)14(19)16-11-7-9(13(15)20)6-5-8(11)2/h5-7H,3-4H2,1-2H3,(H2,15,20)(H,16,19). The molecule has 0 aliphatic heterocycles. The van der Waals surface area contributed by atoms with Crippen molar-refractivity contribution in [2.24, 2.45) is 5.73 Å². The average molecular weight is 320 g/mol. The van der Waals surface area contributed by atoms with Crippen molar-refractivity contribution in [3.05, 3.63) is 39.9 Å². The fourth-order valence-electron chi connectivity index (χ4n) is 1.87. The Morgan fingerprint density at radius 2 is 2.24 bits per heavy atom. The van der Waals surface area contributed by atoms with Gasteiger partial charge in [-0.05, 0) is 36.5 Å². The molecule has 0 aliphatic rings. The highest BCUT2D eigenvalue weighted by Gasteiger charge is 2.16. The molecule has 0 spiro atoms. The van der Waals surface area contributed by atoms with Crippen LogP contribution in [0.1, 0.15) is 39.8 Å². The lowest BCUT2D eigenvalue weighted by Crippen LogP contribution is -2.15. The molecular weight excluding hydrogens is 304 g/mol. The van der Waals surface area contributed by atoms with Crippen molar-refractivity contribution in [2.75, 3.05) is 5.32 Å². The highest BCUT2D eigenvalue weighted by molar-refractivity contribution is 7.80. The Labute approximate surface area is 132 Å². The SMILES string of the molecule is CCCc1nnsc1C(=O)Nc1cc(C(N)=S)ccc1C. The van der Waals surface area contributed by atoms with Gasteiger partial charge in [0.05, 0.1) is 5.69 Å². The van der Waals surface area contributed by atoms with Crippen molar-refractivity contribution >= 4 is 40.3 Å². The van der Waals surface area contributed by atoms with Crippen LogP contribution in [0.2, 0.25) is 0 Å². The van der Waals surface area contributed by atoms with Gasteiger partial charge in [-0.3, -0.25) is 4.79 Å². The maximum atomic E-state index is 12.4. The molecule has 110 valence electrons. The number of amides is 1. The van der Waals surface area contributed by atoms with Crippen LogP contribution in [0.5, 0.6) is 0 Å². The second-order valence-electron chi connectivity index (χ2n) is 4.65. The van der Waals surface area contributed by atoms with Gasteiger partial charge in [0.25, 0.3) is 5.91 Å². The molecule has 3 N–H and O–H groups in total. The number of hydrogen-bond donors (Lipinski definition) is 2. The molecule has 0 saturated heterocycles. The molecule has 7 heteroatoms. The Hall–Kier alpha value is -1.86. The van der Waals surface area contributed by atoms with Crippen LogP contribution in [0.25, 0.3) is 0 Å². The molecule has 2 aromatic rings. The van der Waals surface area contributed by atoms with Crippen LogP contribution in [0.4, 0.5) is 5.69 Å². The molecule has 0 radical (unpaired) electrons. The summed E-state index contributed by atoms with van der Waals surface area (Å²) in [4.78, 5) is 13.2. The summed E-state index contributed by atoms with van der Waals surface area (Å²) >= 11 is 6.07. The maximum absolute atomic E-state index is 12.4. The van der Waals surface area contributed by atoms with E-state index in [0.29, 0.717) is 15.6 Å². The smallest absolute Gasteiger partial charge is 0.269 e. The summed E-state index contributed by atoms with van der Waals surface area (Å²) in [6, 6.07) is 5.50. The molecule has 1 aromatic heterocycles. The number of nitrogens with zero attached hydrogens (tertiary/aromatic N) is 2. The Kier molecular flexibility index (Phi) is 4.98. The molecular formula is C14H16N4OS2. The zero-order valence-electron chi connectivity index (χ0n) is 11.8. The molecule has 0 bridgehead atoms. The van der Waals surface area contributed by atoms with Crippen LogP contribution in [0.3, 0.4) is 0 Å². The molecule has 1 amide bonds. The van der Waals surface area contributed by atoms with Gasteiger partial charge in [0.15, 0.2) is 0 Å². The van der Waals surface area contributed by atoms with Crippen LogP contribution in [-0.4, -0.2) is 20.5 Å². The van der Waals surface area contributed by atoms with Crippen molar-refractivity contribution in [1.82, 2.24) is 9.59 Å². The van der Waals surface area contributed by atoms with Gasteiger partial charge < -0.3 is 11.1 Å². The van der Waals surface area contributed by atoms with Gasteiger partial charge >= 0.3 is 0 Å². The highest BCUT2D eigenvalue weighted by atomic mass is 32.1. The molecule has 0 atom stereocenters. The molecule has 21 heavy (non-hydrogen) atoms. The van der Waals surface area contributed by atoms with Gasteiger partial charge in [0.2, 0.25) is 0 Å². The number of thiocarbonyl (C=S) groups is 1. The van der Waals surface area contributed by atoms with Crippen molar-refractivity contribution in [2.45, 2.75) is 26.7 Å². The predicted molar refractivity (Wildman–Crippen MR) is 88.9 cm³/mol. The predicted octanol–water partition coefficient (Wildman–Crippen LogP) is 2.69. The van der Waals surface area contributed by atoms with Gasteiger partial charge in [-0.1, -0.05) is 42.2 Å². The van der Waals surface area contributed by atoms with Crippen LogP contribution in [0.15, 0.2) is 18.2 Å². The monoisotopic (exact) mass is 320 g/mol. The summed E-state index contributed by atoms with van der Waals surface area (Å²) in [7, 11) is 0. The summed E-state index contributed by atoms with van der Waals surface area (Å²) in [6.07, 6.45) is 1.66. The lowest BCUT2D eigenvalue weighted by molar-refractivity contribution is 0.102. The van der Waals surface area contributed by atoms with Crippen molar-refractivity contribution in [3.8, 4) is 0 Å². The minimum atomic E-state index is -0.198. The summed E-state index contributed by atoms with van der Waals surface area (Å²) in [5.41, 5.74) is 8.72. The Morgan fingerprint density at radius 3 is 2.90 bits per heavy atom. The molecule has 2 rings (SSSR count). The van der Waals surface area contributed by atoms with Crippen LogP contribution in [0, 0.1) is 6.92 Å². The summed E-state index contributed by atoms with van der Waals surface area (Å²) in [6.45, 7) is 3.95. The van der Waals surface area contributed by atoms with Gasteiger partial charge in [0, 0.05) is 11.3 Å². The average Bonchev–Trinajstić information content (AvgIpc) is 2.89. The first-order valence-corrected chi connectivity index (χ1v) is 7.74. The van der Waals surface area contributed by atoms with E-state index in [1.165, 1.54) is 0 Å². The molecule has 1 heterocycles. The summed E-state index contributed by atoms with van der Waals surface area (Å²) in [5.74, 6) is -0.198. The zero-order valence-corrected chi connectivity index (χ0v) is 13.5. The number of aryl methyl sites for hydroxylation is 2. The molecule has 0 saturated carbocycles. The Morgan fingerprint density at radius 1 is 1.48 bits per heavy atom. The van der Waals surface area contributed by atoms with E-state index in [4.69, 9.17) is 18.0 Å². The van der Waals surface area contributed by atoms with Crippen LogP contribution < -0.4 is 11.1 Å². The number of carbonyl (C=O) groups is 1. The van der Waals surface area contributed by atoms with Crippen molar-refractivity contribution in [1.29, 1.82) is 0 Å². The minimum absolute atomic E-state index is 0.198. The van der Waals surface area contributed by atoms with Gasteiger partial charge in [0.1, 0.15) is 9.87 Å². The molecule has 0 unspecified atom stereocenters. The van der Waals surface area contributed by atoms with E-state index in [2.05, 4.69) is 14.9 Å². The maximum Gasteiger partial charge on any atom is 0.269 e. The summed E-state index contributed by atoms with van der Waals surface area (Å²) < 4.78 is 3.86. The van der Waals surface area contributed by atoms with Crippen molar-refractivity contribution < 1.29 is 4.79 Å².